The van der Waals surface area contributed by atoms with E-state index in [-0.39, 0.29) is 0 Å². The van der Waals surface area contributed by atoms with Gasteiger partial charge in [-0.25, -0.2) is 0 Å². The summed E-state index contributed by atoms with van der Waals surface area (Å²) in [5.41, 5.74) is 16.7. The van der Waals surface area contributed by atoms with Gasteiger partial charge < -0.3 is 9.13 Å². The summed E-state index contributed by atoms with van der Waals surface area (Å²) in [6.07, 6.45) is 0. The fourth-order valence-electron chi connectivity index (χ4n) is 13.4. The smallest absolute Gasteiger partial charge is 0.179 e. The molecular formula is C73H50N2Si. The molecule has 1 aliphatic carbocycles. The predicted molar refractivity (Wildman–Crippen MR) is 321 cm³/mol. The van der Waals surface area contributed by atoms with Gasteiger partial charge in [-0.3, -0.25) is 0 Å². The van der Waals surface area contributed by atoms with Crippen LogP contribution in [0.4, 0.5) is 0 Å². The first-order valence-corrected chi connectivity index (χ1v) is 28.4. The summed E-state index contributed by atoms with van der Waals surface area (Å²) >= 11 is 0. The molecule has 0 amide bonds. The molecule has 3 heteroatoms. The van der Waals surface area contributed by atoms with E-state index < -0.39 is 13.5 Å². The highest BCUT2D eigenvalue weighted by Gasteiger charge is 2.46. The zero-order valence-electron chi connectivity index (χ0n) is 41.8. The minimum atomic E-state index is -2.70. The van der Waals surface area contributed by atoms with Crippen molar-refractivity contribution in [2.75, 3.05) is 0 Å². The van der Waals surface area contributed by atoms with E-state index in [1.54, 1.807) is 0 Å². The molecule has 0 fully saturated rings. The van der Waals surface area contributed by atoms with E-state index in [4.69, 9.17) is 0 Å². The second-order valence-electron chi connectivity index (χ2n) is 20.3. The Labute approximate surface area is 443 Å². The van der Waals surface area contributed by atoms with E-state index >= 15 is 0 Å². The third-order valence-electron chi connectivity index (χ3n) is 16.6. The summed E-state index contributed by atoms with van der Waals surface area (Å²) in [6.45, 7) is 0. The zero-order valence-corrected chi connectivity index (χ0v) is 42.8. The van der Waals surface area contributed by atoms with Crippen LogP contribution in [0.15, 0.2) is 303 Å². The highest BCUT2D eigenvalue weighted by atomic mass is 28.3. The molecule has 76 heavy (non-hydrogen) atoms. The van der Waals surface area contributed by atoms with Gasteiger partial charge in [0.1, 0.15) is 0 Å². The van der Waals surface area contributed by atoms with Crippen LogP contribution in [0.2, 0.25) is 0 Å². The van der Waals surface area contributed by atoms with Crippen LogP contribution in [0, 0.1) is 0 Å². The molecule has 0 unspecified atom stereocenters. The molecule has 0 saturated carbocycles. The fourth-order valence-corrected chi connectivity index (χ4v) is 18.2. The summed E-state index contributed by atoms with van der Waals surface area (Å²) < 4.78 is 4.98. The van der Waals surface area contributed by atoms with Crippen molar-refractivity contribution >= 4 is 72.4 Å². The van der Waals surface area contributed by atoms with Gasteiger partial charge in [-0.2, -0.15) is 0 Å². The van der Waals surface area contributed by atoms with Crippen LogP contribution in [0.5, 0.6) is 0 Å². The standard InChI is InChI=1S/C73H50N2Si/c1-6-23-53(24-7-1)73(54-25-8-2-9-26-54)65-36-19-16-33-60(65)61-47-41-52(50-66(61)73)51-42-48-69-64(49-51)62-34-17-20-37-67(62)75(69)71-40-22-39-70-72(71)63-35-18-21-38-68(63)74(70)55-43-45-59(46-44-55)76(56-27-10-3-11-28-56,57-29-12-4-13-30-57)58-31-14-5-15-32-58/h1-50H. The van der Waals surface area contributed by atoms with Crippen LogP contribution >= 0.6 is 0 Å². The molecule has 12 aromatic carbocycles. The van der Waals surface area contributed by atoms with Gasteiger partial charge in [0.15, 0.2) is 8.07 Å². The lowest BCUT2D eigenvalue weighted by Crippen LogP contribution is -2.74. The number of hydrogen-bond acceptors (Lipinski definition) is 0. The number of hydrogen-bond donors (Lipinski definition) is 0. The Morgan fingerprint density at radius 2 is 0.737 bits per heavy atom. The van der Waals surface area contributed by atoms with E-state index in [0.29, 0.717) is 0 Å². The van der Waals surface area contributed by atoms with Crippen molar-refractivity contribution in [1.82, 2.24) is 9.13 Å². The van der Waals surface area contributed by atoms with Crippen LogP contribution in [0.1, 0.15) is 22.3 Å². The Kier molecular flexibility index (Phi) is 10.2. The van der Waals surface area contributed by atoms with Gasteiger partial charge in [0.2, 0.25) is 0 Å². The SMILES string of the molecule is c1ccc(C2(c3ccccc3)c3ccccc3-c3ccc(-c4ccc5c(c4)c4ccccc4n5-c4cccc5c4c4ccccc4n5-c4ccc([Si](c5ccccc5)(c5ccccc5)c5ccccc5)cc4)cc32)cc1. The Hall–Kier alpha value is -9.54. The number of rotatable bonds is 9. The maximum atomic E-state index is 2.51. The topological polar surface area (TPSA) is 9.86 Å². The van der Waals surface area contributed by atoms with Crippen molar-refractivity contribution in [3.63, 3.8) is 0 Å². The molecule has 2 nitrogen and oxygen atoms in total. The fraction of sp³-hybridized carbons (Fsp3) is 0.0137. The number of nitrogens with zero attached hydrogens (tertiary/aromatic N) is 2. The van der Waals surface area contributed by atoms with Crippen LogP contribution in [-0.4, -0.2) is 17.2 Å². The molecule has 0 radical (unpaired) electrons. The monoisotopic (exact) mass is 982 g/mol. The van der Waals surface area contributed by atoms with Gasteiger partial charge in [0.25, 0.3) is 0 Å². The highest BCUT2D eigenvalue weighted by Crippen LogP contribution is 2.57. The first-order valence-electron chi connectivity index (χ1n) is 26.4. The van der Waals surface area contributed by atoms with Crippen LogP contribution in [-0.2, 0) is 5.41 Å². The van der Waals surface area contributed by atoms with E-state index in [1.165, 1.54) is 109 Å². The molecule has 15 rings (SSSR count). The minimum absolute atomic E-state index is 0.469. The lowest BCUT2D eigenvalue weighted by Gasteiger charge is -2.34. The van der Waals surface area contributed by atoms with Crippen molar-refractivity contribution in [3.05, 3.63) is 326 Å². The molecule has 0 spiro atoms. The van der Waals surface area contributed by atoms with Crippen molar-refractivity contribution in [2.45, 2.75) is 5.41 Å². The molecule has 0 atom stereocenters. The van der Waals surface area contributed by atoms with E-state index in [9.17, 15) is 0 Å². The van der Waals surface area contributed by atoms with Gasteiger partial charge >= 0.3 is 0 Å². The maximum absolute atomic E-state index is 2.70. The van der Waals surface area contributed by atoms with E-state index in [2.05, 4.69) is 312 Å². The average Bonchev–Trinajstić information content (AvgIpc) is 4.22. The minimum Gasteiger partial charge on any atom is -0.309 e. The normalized spacial score (nSPS) is 12.8. The molecule has 2 aromatic heterocycles. The molecule has 1 aliphatic rings. The number of fused-ring (bicyclic) bond motifs is 9. The van der Waals surface area contributed by atoms with Gasteiger partial charge in [-0.15, -0.1) is 0 Å². The largest absolute Gasteiger partial charge is 0.309 e. The van der Waals surface area contributed by atoms with E-state index in [1.807, 2.05) is 0 Å². The Bertz CT molecular complexity index is 4350. The van der Waals surface area contributed by atoms with Gasteiger partial charge in [-0.1, -0.05) is 249 Å². The third kappa shape index (κ3) is 6.40. The van der Waals surface area contributed by atoms with Crippen molar-refractivity contribution in [1.29, 1.82) is 0 Å². The first kappa shape index (κ1) is 44.0. The summed E-state index contributed by atoms with van der Waals surface area (Å²) in [6, 6.07) is 113. The molecule has 356 valence electrons. The van der Waals surface area contributed by atoms with Crippen LogP contribution in [0.25, 0.3) is 77.2 Å². The Morgan fingerprint density at radius 1 is 0.276 bits per heavy atom. The first-order chi connectivity index (χ1) is 37.7. The Balaban J connectivity index is 0.895. The lowest BCUT2D eigenvalue weighted by atomic mass is 9.67. The number of aromatic nitrogens is 2. The molecule has 0 N–H and O–H groups in total. The van der Waals surface area contributed by atoms with Crippen LogP contribution < -0.4 is 20.7 Å². The quantitative estimate of drug-likeness (QED) is 0.101. The summed E-state index contributed by atoms with van der Waals surface area (Å²) in [7, 11) is -2.70. The van der Waals surface area contributed by atoms with Gasteiger partial charge in [-0.05, 0) is 120 Å². The highest BCUT2D eigenvalue weighted by molar-refractivity contribution is 7.19. The van der Waals surface area contributed by atoms with E-state index in [0.717, 1.165) is 11.4 Å². The number of benzene rings is 12. The third-order valence-corrected chi connectivity index (χ3v) is 21.4. The molecule has 0 bridgehead atoms. The molecule has 0 aliphatic heterocycles. The lowest BCUT2D eigenvalue weighted by molar-refractivity contribution is 0.769. The molecule has 14 aromatic rings. The number of para-hydroxylation sites is 2. The van der Waals surface area contributed by atoms with Gasteiger partial charge in [0.05, 0.1) is 33.2 Å². The van der Waals surface area contributed by atoms with Crippen molar-refractivity contribution in [2.24, 2.45) is 0 Å². The summed E-state index contributed by atoms with van der Waals surface area (Å²) in [4.78, 5) is 0. The predicted octanol–water partition coefficient (Wildman–Crippen LogP) is 15.3. The molecule has 0 saturated heterocycles. The average molecular weight is 983 g/mol. The summed E-state index contributed by atoms with van der Waals surface area (Å²) in [5.74, 6) is 0. The summed E-state index contributed by atoms with van der Waals surface area (Å²) in [5, 5.41) is 10.4. The van der Waals surface area contributed by atoms with Crippen molar-refractivity contribution in [3.8, 4) is 33.6 Å². The second kappa shape index (κ2) is 17.6. The molecular weight excluding hydrogens is 933 g/mol. The zero-order chi connectivity index (χ0) is 50.2. The van der Waals surface area contributed by atoms with Gasteiger partial charge in [0, 0.05) is 27.2 Å². The second-order valence-corrected chi connectivity index (χ2v) is 24.1. The van der Waals surface area contributed by atoms with Crippen LogP contribution in [0.3, 0.4) is 0 Å². The molecule has 2 heterocycles. The maximum Gasteiger partial charge on any atom is 0.179 e. The Morgan fingerprint density at radius 3 is 1.37 bits per heavy atom. The van der Waals surface area contributed by atoms with Crippen molar-refractivity contribution < 1.29 is 0 Å².